The first-order chi connectivity index (χ1) is 11.6. The summed E-state index contributed by atoms with van der Waals surface area (Å²) in [6.45, 7) is 0.289. The number of hydrogen-bond donors (Lipinski definition) is 2. The molecule has 7 heteroatoms. The standard InChI is InChI=1S/C17H14BrN3O3/c18-13-7-3-4-8-14(13)20-17(24)19-9-10-21-15(22)11-5-1-2-6-12(11)16(21)23/h1-8H,9-10H2,(H2,19,20,24). The van der Waals surface area contributed by atoms with Crippen LogP contribution in [0.15, 0.2) is 53.0 Å². The second kappa shape index (κ2) is 6.84. The first-order valence-electron chi connectivity index (χ1n) is 7.32. The van der Waals surface area contributed by atoms with Crippen molar-refractivity contribution in [2.75, 3.05) is 18.4 Å². The molecular weight excluding hydrogens is 374 g/mol. The number of carbonyl (C=O) groups excluding carboxylic acids is 3. The van der Waals surface area contributed by atoms with Gasteiger partial charge < -0.3 is 10.6 Å². The lowest BCUT2D eigenvalue weighted by molar-refractivity contribution is 0.0656. The smallest absolute Gasteiger partial charge is 0.319 e. The number of anilines is 1. The number of para-hydroxylation sites is 1. The van der Waals surface area contributed by atoms with E-state index in [9.17, 15) is 14.4 Å². The minimum atomic E-state index is -0.404. The van der Waals surface area contributed by atoms with E-state index in [0.717, 1.165) is 9.37 Å². The van der Waals surface area contributed by atoms with Gasteiger partial charge in [-0.15, -0.1) is 0 Å². The van der Waals surface area contributed by atoms with E-state index in [1.54, 1.807) is 36.4 Å². The third-order valence-electron chi connectivity index (χ3n) is 3.62. The molecule has 0 bridgehead atoms. The second-order valence-corrected chi connectivity index (χ2v) is 6.02. The van der Waals surface area contributed by atoms with Gasteiger partial charge in [-0.25, -0.2) is 4.79 Å². The molecule has 2 N–H and O–H groups in total. The summed E-state index contributed by atoms with van der Waals surface area (Å²) in [5.41, 5.74) is 1.44. The van der Waals surface area contributed by atoms with E-state index in [0.29, 0.717) is 16.8 Å². The summed E-state index contributed by atoms with van der Waals surface area (Å²) in [7, 11) is 0. The molecule has 0 atom stereocenters. The summed E-state index contributed by atoms with van der Waals surface area (Å²) in [6.07, 6.45) is 0. The number of rotatable bonds is 4. The molecule has 0 fully saturated rings. The molecule has 24 heavy (non-hydrogen) atoms. The van der Waals surface area contributed by atoms with Crippen molar-refractivity contribution in [2.24, 2.45) is 0 Å². The van der Waals surface area contributed by atoms with Crippen LogP contribution in [0.1, 0.15) is 20.7 Å². The van der Waals surface area contributed by atoms with Crippen molar-refractivity contribution in [3.63, 3.8) is 0 Å². The molecule has 2 aromatic rings. The summed E-state index contributed by atoms with van der Waals surface area (Å²) in [5.74, 6) is -0.660. The highest BCUT2D eigenvalue weighted by Crippen LogP contribution is 2.22. The topological polar surface area (TPSA) is 78.5 Å². The molecule has 1 aliphatic heterocycles. The van der Waals surface area contributed by atoms with E-state index in [-0.39, 0.29) is 24.9 Å². The summed E-state index contributed by atoms with van der Waals surface area (Å²) in [6, 6.07) is 13.5. The molecule has 4 amide bonds. The Kier molecular flexibility index (Phi) is 4.61. The van der Waals surface area contributed by atoms with Crippen LogP contribution in [-0.4, -0.2) is 35.8 Å². The number of imide groups is 1. The van der Waals surface area contributed by atoms with Gasteiger partial charge in [-0.2, -0.15) is 0 Å². The third-order valence-corrected chi connectivity index (χ3v) is 4.31. The van der Waals surface area contributed by atoms with E-state index in [4.69, 9.17) is 0 Å². The lowest BCUT2D eigenvalue weighted by Crippen LogP contribution is -2.39. The molecule has 1 aliphatic rings. The molecule has 0 aromatic heterocycles. The Morgan fingerprint density at radius 3 is 2.17 bits per heavy atom. The number of hydrogen-bond acceptors (Lipinski definition) is 3. The van der Waals surface area contributed by atoms with E-state index in [1.165, 1.54) is 0 Å². The fraction of sp³-hybridized carbons (Fsp3) is 0.118. The Hall–Kier alpha value is -2.67. The molecule has 3 rings (SSSR count). The zero-order valence-electron chi connectivity index (χ0n) is 12.6. The van der Waals surface area contributed by atoms with E-state index < -0.39 is 6.03 Å². The normalized spacial score (nSPS) is 13.0. The summed E-state index contributed by atoms with van der Waals surface area (Å²) >= 11 is 3.34. The van der Waals surface area contributed by atoms with Crippen LogP contribution in [0.2, 0.25) is 0 Å². The fourth-order valence-corrected chi connectivity index (χ4v) is 2.84. The zero-order valence-corrected chi connectivity index (χ0v) is 14.2. The molecule has 0 saturated carbocycles. The number of nitrogens with one attached hydrogen (secondary N) is 2. The van der Waals surface area contributed by atoms with Gasteiger partial charge in [-0.05, 0) is 40.2 Å². The van der Waals surface area contributed by atoms with E-state index in [1.807, 2.05) is 12.1 Å². The monoisotopic (exact) mass is 387 g/mol. The van der Waals surface area contributed by atoms with Crippen LogP contribution in [0, 0.1) is 0 Å². The molecule has 0 saturated heterocycles. The zero-order chi connectivity index (χ0) is 17.1. The Labute approximate surface area is 147 Å². The number of nitrogens with zero attached hydrogens (tertiary/aromatic N) is 1. The maximum Gasteiger partial charge on any atom is 0.319 e. The molecule has 0 spiro atoms. The first kappa shape index (κ1) is 16.2. The maximum atomic E-state index is 12.2. The van der Waals surface area contributed by atoms with Crippen LogP contribution in [0.4, 0.5) is 10.5 Å². The number of amides is 4. The van der Waals surface area contributed by atoms with E-state index >= 15 is 0 Å². The molecule has 1 heterocycles. The molecule has 0 radical (unpaired) electrons. The van der Waals surface area contributed by atoms with Crippen LogP contribution in [0.25, 0.3) is 0 Å². The summed E-state index contributed by atoms with van der Waals surface area (Å²) in [5, 5.41) is 5.33. The van der Waals surface area contributed by atoms with Crippen molar-refractivity contribution >= 4 is 39.5 Å². The predicted octanol–water partition coefficient (Wildman–Crippen LogP) is 2.87. The summed E-state index contributed by atoms with van der Waals surface area (Å²) in [4.78, 5) is 37.4. The van der Waals surface area contributed by atoms with Gasteiger partial charge in [0.25, 0.3) is 11.8 Å². The number of benzene rings is 2. The summed E-state index contributed by atoms with van der Waals surface area (Å²) < 4.78 is 0.764. The van der Waals surface area contributed by atoms with Crippen molar-refractivity contribution in [3.8, 4) is 0 Å². The Morgan fingerprint density at radius 2 is 1.54 bits per heavy atom. The Morgan fingerprint density at radius 1 is 0.958 bits per heavy atom. The molecule has 122 valence electrons. The van der Waals surface area contributed by atoms with Crippen LogP contribution in [-0.2, 0) is 0 Å². The van der Waals surface area contributed by atoms with Gasteiger partial charge in [0.1, 0.15) is 0 Å². The largest absolute Gasteiger partial charge is 0.336 e. The van der Waals surface area contributed by atoms with Gasteiger partial charge in [-0.1, -0.05) is 24.3 Å². The maximum absolute atomic E-state index is 12.2. The first-order valence-corrected chi connectivity index (χ1v) is 8.12. The molecular formula is C17H14BrN3O3. The number of halogens is 1. The molecule has 6 nitrogen and oxygen atoms in total. The van der Waals surface area contributed by atoms with E-state index in [2.05, 4.69) is 26.6 Å². The molecule has 2 aromatic carbocycles. The van der Waals surface area contributed by atoms with Gasteiger partial charge in [0.05, 0.1) is 16.8 Å². The third kappa shape index (κ3) is 3.16. The minimum Gasteiger partial charge on any atom is -0.336 e. The second-order valence-electron chi connectivity index (χ2n) is 5.17. The molecule has 0 aliphatic carbocycles. The number of urea groups is 1. The Bertz CT molecular complexity index is 787. The van der Waals surface area contributed by atoms with Crippen molar-refractivity contribution in [2.45, 2.75) is 0 Å². The van der Waals surface area contributed by atoms with Crippen molar-refractivity contribution < 1.29 is 14.4 Å². The highest BCUT2D eigenvalue weighted by atomic mass is 79.9. The predicted molar refractivity (Wildman–Crippen MR) is 93.0 cm³/mol. The highest BCUT2D eigenvalue weighted by Gasteiger charge is 2.34. The Balaban J connectivity index is 1.54. The fourth-order valence-electron chi connectivity index (χ4n) is 2.45. The average Bonchev–Trinajstić information content (AvgIpc) is 2.82. The minimum absolute atomic E-state index is 0.121. The van der Waals surface area contributed by atoms with Gasteiger partial charge in [0.2, 0.25) is 0 Å². The van der Waals surface area contributed by atoms with Crippen molar-refractivity contribution in [1.29, 1.82) is 0 Å². The van der Waals surface area contributed by atoms with Crippen LogP contribution in [0.3, 0.4) is 0 Å². The SMILES string of the molecule is O=C(NCCN1C(=O)c2ccccc2C1=O)Nc1ccccc1Br. The van der Waals surface area contributed by atoms with Crippen molar-refractivity contribution in [1.82, 2.24) is 10.2 Å². The number of fused-ring (bicyclic) bond motifs is 1. The van der Waals surface area contributed by atoms with Gasteiger partial charge in [0.15, 0.2) is 0 Å². The quantitative estimate of drug-likeness (QED) is 0.791. The molecule has 0 unspecified atom stereocenters. The van der Waals surface area contributed by atoms with Gasteiger partial charge >= 0.3 is 6.03 Å². The van der Waals surface area contributed by atoms with Crippen LogP contribution in [0.5, 0.6) is 0 Å². The lowest BCUT2D eigenvalue weighted by Gasteiger charge is -2.14. The lowest BCUT2D eigenvalue weighted by atomic mass is 10.1. The van der Waals surface area contributed by atoms with Gasteiger partial charge in [0, 0.05) is 17.6 Å². The van der Waals surface area contributed by atoms with Crippen molar-refractivity contribution in [3.05, 3.63) is 64.1 Å². The van der Waals surface area contributed by atoms with Gasteiger partial charge in [-0.3, -0.25) is 14.5 Å². The number of carbonyl (C=O) groups is 3. The van der Waals surface area contributed by atoms with Crippen LogP contribution < -0.4 is 10.6 Å². The highest BCUT2D eigenvalue weighted by molar-refractivity contribution is 9.10. The van der Waals surface area contributed by atoms with Crippen LogP contribution >= 0.6 is 15.9 Å². The average molecular weight is 388 g/mol.